The lowest BCUT2D eigenvalue weighted by Gasteiger charge is -2.19. The Morgan fingerprint density at radius 2 is 1.91 bits per heavy atom. The molecule has 1 aliphatic rings. The molecule has 0 aliphatic carbocycles. The van der Waals surface area contributed by atoms with Crippen LogP contribution < -0.4 is 4.74 Å². The van der Waals surface area contributed by atoms with Gasteiger partial charge in [0.1, 0.15) is 18.4 Å². The predicted octanol–water partition coefficient (Wildman–Crippen LogP) is 5.33. The van der Waals surface area contributed by atoms with Crippen LogP contribution in [0.25, 0.3) is 6.08 Å². The number of nitriles is 1. The standard InChI is InChI=1S/C23H18I2N2O5S/c1-3-31-22(29)13(2)27-21(28)19(33-23(27)30)10-14-8-17(24)20(18(25)9-14)32-12-16-7-5-4-6-15(16)11-26/h4-10,13H,3,12H2,1-2H3/b19-10+/t13-/m1/s1. The average Bonchev–Trinajstić information content (AvgIpc) is 3.05. The summed E-state index contributed by atoms with van der Waals surface area (Å²) in [6, 6.07) is 12.1. The number of nitrogens with zero attached hydrogens (tertiary/aromatic N) is 2. The van der Waals surface area contributed by atoms with Gasteiger partial charge in [-0.1, -0.05) is 18.2 Å². The van der Waals surface area contributed by atoms with Crippen LogP contribution in [0.4, 0.5) is 4.79 Å². The second-order valence-electron chi connectivity index (χ2n) is 6.85. The fraction of sp³-hybridized carbons (Fsp3) is 0.217. The number of esters is 1. The lowest BCUT2D eigenvalue weighted by Crippen LogP contribution is -2.42. The van der Waals surface area contributed by atoms with E-state index in [0.717, 1.165) is 34.9 Å². The first-order chi connectivity index (χ1) is 15.8. The minimum absolute atomic E-state index is 0.169. The molecular formula is C23H18I2N2O5S. The normalized spacial score (nSPS) is 15.5. The van der Waals surface area contributed by atoms with Crippen LogP contribution in [0.5, 0.6) is 5.75 Å². The van der Waals surface area contributed by atoms with E-state index in [1.807, 2.05) is 24.3 Å². The van der Waals surface area contributed by atoms with Crippen molar-refractivity contribution in [1.82, 2.24) is 4.90 Å². The Morgan fingerprint density at radius 3 is 2.55 bits per heavy atom. The lowest BCUT2D eigenvalue weighted by molar-refractivity contribution is -0.150. The molecule has 0 unspecified atom stereocenters. The number of hydrogen-bond donors (Lipinski definition) is 0. The molecule has 0 bridgehead atoms. The molecule has 0 N–H and O–H groups in total. The maximum atomic E-state index is 12.8. The number of halogens is 2. The fourth-order valence-electron chi connectivity index (χ4n) is 3.04. The Morgan fingerprint density at radius 1 is 1.24 bits per heavy atom. The van der Waals surface area contributed by atoms with Crippen molar-refractivity contribution in [1.29, 1.82) is 5.26 Å². The van der Waals surface area contributed by atoms with Gasteiger partial charge in [0.15, 0.2) is 0 Å². The third-order valence-corrected chi connectivity index (χ3v) is 7.15. The molecule has 0 radical (unpaired) electrons. The second-order valence-corrected chi connectivity index (χ2v) is 10.2. The highest BCUT2D eigenvalue weighted by atomic mass is 127. The Kier molecular flexibility index (Phi) is 8.77. The van der Waals surface area contributed by atoms with Gasteiger partial charge in [0.2, 0.25) is 0 Å². The van der Waals surface area contributed by atoms with Crippen LogP contribution in [0.2, 0.25) is 0 Å². The number of carbonyl (C=O) groups is 3. The molecular weight excluding hydrogens is 670 g/mol. The SMILES string of the molecule is CCOC(=O)[C@@H](C)N1C(=O)S/C(=C/c2cc(I)c(OCc3ccccc3C#N)c(I)c2)C1=O. The maximum absolute atomic E-state index is 12.8. The summed E-state index contributed by atoms with van der Waals surface area (Å²) in [6.45, 7) is 3.55. The van der Waals surface area contributed by atoms with Crippen molar-refractivity contribution in [2.75, 3.05) is 6.61 Å². The first kappa shape index (κ1) is 25.5. The quantitative estimate of drug-likeness (QED) is 0.221. The van der Waals surface area contributed by atoms with Gasteiger partial charge in [-0.3, -0.25) is 14.5 Å². The highest BCUT2D eigenvalue weighted by Gasteiger charge is 2.41. The summed E-state index contributed by atoms with van der Waals surface area (Å²) >= 11 is 5.08. The number of imide groups is 1. The summed E-state index contributed by atoms with van der Waals surface area (Å²) in [5.74, 6) is -0.473. The van der Waals surface area contributed by atoms with Gasteiger partial charge in [0, 0.05) is 5.56 Å². The van der Waals surface area contributed by atoms with Gasteiger partial charge >= 0.3 is 5.97 Å². The molecule has 3 rings (SSSR count). The molecule has 1 heterocycles. The molecule has 0 saturated carbocycles. The summed E-state index contributed by atoms with van der Waals surface area (Å²) < 4.78 is 12.6. The molecule has 2 aromatic carbocycles. The van der Waals surface area contributed by atoms with Crippen molar-refractivity contribution in [2.45, 2.75) is 26.5 Å². The van der Waals surface area contributed by atoms with Crippen molar-refractivity contribution in [3.63, 3.8) is 0 Å². The van der Waals surface area contributed by atoms with E-state index in [0.29, 0.717) is 11.3 Å². The van der Waals surface area contributed by atoms with Gasteiger partial charge in [0.05, 0.1) is 30.3 Å². The molecule has 1 saturated heterocycles. The second kappa shape index (κ2) is 11.3. The number of ether oxygens (including phenoxy) is 2. The summed E-state index contributed by atoms with van der Waals surface area (Å²) in [5.41, 5.74) is 2.08. The van der Waals surface area contributed by atoms with E-state index in [9.17, 15) is 19.6 Å². The van der Waals surface area contributed by atoms with Gasteiger partial charge in [-0.25, -0.2) is 4.79 Å². The fourth-order valence-corrected chi connectivity index (χ4v) is 6.08. The molecule has 2 aromatic rings. The Hall–Kier alpha value is -2.11. The number of hydrogen-bond acceptors (Lipinski definition) is 7. The van der Waals surface area contributed by atoms with Gasteiger partial charge in [-0.15, -0.1) is 0 Å². The summed E-state index contributed by atoms with van der Waals surface area (Å²) in [7, 11) is 0. The highest BCUT2D eigenvalue weighted by Crippen LogP contribution is 2.36. The Balaban J connectivity index is 1.80. The van der Waals surface area contributed by atoms with Gasteiger partial charge in [-0.05, 0) is 101 Å². The minimum atomic E-state index is -0.990. The molecule has 10 heteroatoms. The average molecular weight is 688 g/mol. The first-order valence-corrected chi connectivity index (χ1v) is 12.8. The van der Waals surface area contributed by atoms with E-state index < -0.39 is 23.2 Å². The predicted molar refractivity (Wildman–Crippen MR) is 141 cm³/mol. The van der Waals surface area contributed by atoms with E-state index in [2.05, 4.69) is 51.3 Å². The largest absolute Gasteiger partial charge is 0.487 e. The summed E-state index contributed by atoms with van der Waals surface area (Å²) in [4.78, 5) is 38.3. The molecule has 0 aromatic heterocycles. The number of carbonyl (C=O) groups excluding carboxylic acids is 3. The van der Waals surface area contributed by atoms with Crippen LogP contribution in [0.3, 0.4) is 0 Å². The van der Waals surface area contributed by atoms with Crippen molar-refractivity contribution >= 4 is 80.1 Å². The molecule has 170 valence electrons. The van der Waals surface area contributed by atoms with Gasteiger partial charge < -0.3 is 9.47 Å². The van der Waals surface area contributed by atoms with Gasteiger partial charge in [-0.2, -0.15) is 5.26 Å². The number of amides is 2. The summed E-state index contributed by atoms with van der Waals surface area (Å²) in [6.07, 6.45) is 1.63. The third-order valence-electron chi connectivity index (χ3n) is 4.67. The monoisotopic (exact) mass is 688 g/mol. The Bertz CT molecular complexity index is 1170. The minimum Gasteiger partial charge on any atom is -0.487 e. The Labute approximate surface area is 222 Å². The summed E-state index contributed by atoms with van der Waals surface area (Å²) in [5, 5.41) is 8.74. The number of thioether (sulfide) groups is 1. The molecule has 7 nitrogen and oxygen atoms in total. The molecule has 0 spiro atoms. The zero-order valence-corrected chi connectivity index (χ0v) is 22.8. The zero-order valence-electron chi connectivity index (χ0n) is 17.6. The van der Waals surface area contributed by atoms with Crippen LogP contribution in [-0.4, -0.2) is 34.7 Å². The highest BCUT2D eigenvalue weighted by molar-refractivity contribution is 14.1. The van der Waals surface area contributed by atoms with E-state index in [1.165, 1.54) is 6.92 Å². The van der Waals surface area contributed by atoms with E-state index in [4.69, 9.17) is 9.47 Å². The first-order valence-electron chi connectivity index (χ1n) is 9.80. The van der Waals surface area contributed by atoms with Crippen LogP contribution in [0.15, 0.2) is 41.3 Å². The molecule has 33 heavy (non-hydrogen) atoms. The lowest BCUT2D eigenvalue weighted by atomic mass is 10.1. The third kappa shape index (κ3) is 5.88. The van der Waals surface area contributed by atoms with E-state index in [-0.39, 0.29) is 18.1 Å². The molecule has 2 amide bonds. The number of benzene rings is 2. The van der Waals surface area contributed by atoms with E-state index in [1.54, 1.807) is 25.1 Å². The van der Waals surface area contributed by atoms with Crippen LogP contribution >= 0.6 is 56.9 Å². The molecule has 1 fully saturated rings. The molecule has 1 atom stereocenters. The molecule has 1 aliphatic heterocycles. The van der Waals surface area contributed by atoms with E-state index >= 15 is 0 Å². The van der Waals surface area contributed by atoms with Crippen molar-refractivity contribution in [3.8, 4) is 11.8 Å². The zero-order chi connectivity index (χ0) is 24.1. The van der Waals surface area contributed by atoms with Crippen molar-refractivity contribution < 1.29 is 23.9 Å². The maximum Gasteiger partial charge on any atom is 0.329 e. The van der Waals surface area contributed by atoms with Crippen molar-refractivity contribution in [3.05, 3.63) is 65.1 Å². The number of rotatable bonds is 7. The topological polar surface area (TPSA) is 96.7 Å². The van der Waals surface area contributed by atoms with Gasteiger partial charge in [0.25, 0.3) is 11.1 Å². The van der Waals surface area contributed by atoms with Crippen LogP contribution in [-0.2, 0) is 20.9 Å². The smallest absolute Gasteiger partial charge is 0.329 e. The van der Waals surface area contributed by atoms with Crippen LogP contribution in [0.1, 0.15) is 30.5 Å². The van der Waals surface area contributed by atoms with Crippen LogP contribution in [0, 0.1) is 18.5 Å². The van der Waals surface area contributed by atoms with Crippen molar-refractivity contribution in [2.24, 2.45) is 0 Å².